The minimum absolute atomic E-state index is 0.0206. The first-order chi connectivity index (χ1) is 6.19. The largest absolute Gasteiger partial charge is 0.448 e. The fourth-order valence-electron chi connectivity index (χ4n) is 0.621. The monoisotopic (exact) mass is 243 g/mol. The van der Waals surface area contributed by atoms with Gasteiger partial charge < -0.3 is 4.74 Å². The second-order valence-corrected chi connectivity index (χ2v) is 2.67. The molecule has 0 saturated carbocycles. The van der Waals surface area contributed by atoms with Gasteiger partial charge in [0.15, 0.2) is 11.9 Å². The molecule has 0 amide bonds. The topological polar surface area (TPSA) is 67.0 Å². The van der Waals surface area contributed by atoms with Gasteiger partial charge in [-0.05, 0) is 0 Å². The van der Waals surface area contributed by atoms with E-state index >= 15 is 0 Å². The molecule has 1 heterocycles. The summed E-state index contributed by atoms with van der Waals surface area (Å²) in [6.45, 7) is 0. The van der Waals surface area contributed by atoms with Crippen molar-refractivity contribution in [3.63, 3.8) is 0 Å². The molecule has 0 aliphatic rings. The third-order valence-electron chi connectivity index (χ3n) is 1.12. The van der Waals surface area contributed by atoms with Crippen molar-refractivity contribution >= 4 is 40.8 Å². The Morgan fingerprint density at radius 2 is 2.31 bits per heavy atom. The second kappa shape index (κ2) is 4.55. The lowest BCUT2D eigenvalue weighted by Crippen LogP contribution is -2.12. The second-order valence-electron chi connectivity index (χ2n) is 1.88. The smallest absolute Gasteiger partial charge is 0.299 e. The molecule has 5 nitrogen and oxygen atoms in total. The summed E-state index contributed by atoms with van der Waals surface area (Å²) in [5.41, 5.74) is -0.556. The number of halogens is 3. The molecule has 13 heavy (non-hydrogen) atoms. The van der Waals surface area contributed by atoms with Gasteiger partial charge in [0.25, 0.3) is 11.6 Å². The van der Waals surface area contributed by atoms with Crippen molar-refractivity contribution in [2.24, 2.45) is 0 Å². The van der Waals surface area contributed by atoms with Crippen molar-refractivity contribution in [1.29, 1.82) is 0 Å². The Labute approximate surface area is 88.1 Å². The Morgan fingerprint density at radius 1 is 1.62 bits per heavy atom. The molecule has 1 rings (SSSR count). The third-order valence-corrected chi connectivity index (χ3v) is 1.76. The Hall–Kier alpha value is -0.650. The number of ether oxygens (including phenoxy) is 1. The molecule has 0 saturated heterocycles. The number of anilines is 1. The standard InChI is InChI=1S/C5H4Cl3N3O2/c6-1-13-5-9-3(11-8)2(7)4(12)10-5/h1H2,(H2,9,10,11,12). The lowest BCUT2D eigenvalue weighted by molar-refractivity contribution is 0.355. The van der Waals surface area contributed by atoms with Crippen LogP contribution in [0.25, 0.3) is 0 Å². The van der Waals surface area contributed by atoms with Gasteiger partial charge >= 0.3 is 0 Å². The molecule has 1 aromatic heterocycles. The maximum atomic E-state index is 11.0. The molecule has 0 spiro atoms. The summed E-state index contributed by atoms with van der Waals surface area (Å²) in [6, 6.07) is -0.181. The van der Waals surface area contributed by atoms with Gasteiger partial charge in [-0.25, -0.2) is 0 Å². The van der Waals surface area contributed by atoms with Gasteiger partial charge in [0.2, 0.25) is 0 Å². The molecule has 0 aromatic carbocycles. The normalized spacial score (nSPS) is 9.77. The van der Waals surface area contributed by atoms with Gasteiger partial charge in [-0.3, -0.25) is 14.6 Å². The molecule has 0 unspecified atom stereocenters. The van der Waals surface area contributed by atoms with Crippen molar-refractivity contribution in [3.05, 3.63) is 15.4 Å². The van der Waals surface area contributed by atoms with Crippen molar-refractivity contribution in [2.45, 2.75) is 0 Å². The van der Waals surface area contributed by atoms with Crippen LogP contribution in [0.3, 0.4) is 0 Å². The summed E-state index contributed by atoms with van der Waals surface area (Å²) in [5.74, 6) is 0.0206. The van der Waals surface area contributed by atoms with Crippen LogP contribution < -0.4 is 15.1 Å². The summed E-state index contributed by atoms with van der Waals surface area (Å²) in [6.07, 6.45) is 0. The summed E-state index contributed by atoms with van der Waals surface area (Å²) in [7, 11) is 0. The molecular formula is C5H4Cl3N3O2. The van der Waals surface area contributed by atoms with Crippen LogP contribution in [-0.4, -0.2) is 16.0 Å². The van der Waals surface area contributed by atoms with Crippen molar-refractivity contribution in [1.82, 2.24) is 9.97 Å². The van der Waals surface area contributed by atoms with E-state index < -0.39 is 5.56 Å². The fourth-order valence-corrected chi connectivity index (χ4v) is 1.05. The Morgan fingerprint density at radius 3 is 2.85 bits per heavy atom. The van der Waals surface area contributed by atoms with Gasteiger partial charge in [0, 0.05) is 11.8 Å². The summed E-state index contributed by atoms with van der Waals surface area (Å²) in [4.78, 5) is 19.1. The van der Waals surface area contributed by atoms with E-state index in [4.69, 9.17) is 39.7 Å². The van der Waals surface area contributed by atoms with Crippen molar-refractivity contribution in [2.75, 3.05) is 10.9 Å². The van der Waals surface area contributed by atoms with E-state index in [2.05, 4.69) is 14.8 Å². The number of nitrogens with zero attached hydrogens (tertiary/aromatic N) is 1. The predicted molar refractivity (Wildman–Crippen MR) is 50.7 cm³/mol. The highest BCUT2D eigenvalue weighted by molar-refractivity contribution is 6.35. The number of aromatic nitrogens is 2. The number of nitrogens with one attached hydrogen (secondary N) is 2. The molecule has 0 aliphatic heterocycles. The van der Waals surface area contributed by atoms with Gasteiger partial charge in [0.1, 0.15) is 5.02 Å². The fraction of sp³-hybridized carbons (Fsp3) is 0.200. The molecule has 2 N–H and O–H groups in total. The predicted octanol–water partition coefficient (Wildman–Crippen LogP) is 1.56. The van der Waals surface area contributed by atoms with Gasteiger partial charge in [-0.2, -0.15) is 4.98 Å². The zero-order chi connectivity index (χ0) is 9.84. The van der Waals surface area contributed by atoms with Gasteiger partial charge in [0.05, 0.1) is 0 Å². The summed E-state index contributed by atoms with van der Waals surface area (Å²) >= 11 is 16.0. The number of alkyl halides is 1. The molecule has 0 aliphatic carbocycles. The molecule has 72 valence electrons. The maximum Gasteiger partial charge on any atom is 0.299 e. The molecule has 1 aromatic rings. The quantitative estimate of drug-likeness (QED) is 0.625. The van der Waals surface area contributed by atoms with Crippen LogP contribution in [0.5, 0.6) is 6.01 Å². The van der Waals surface area contributed by atoms with E-state index in [0.29, 0.717) is 0 Å². The number of hydrogen-bond donors (Lipinski definition) is 2. The van der Waals surface area contributed by atoms with E-state index in [1.165, 1.54) is 0 Å². The lowest BCUT2D eigenvalue weighted by atomic mass is 10.6. The molecular weight excluding hydrogens is 240 g/mol. The number of rotatable bonds is 3. The average Bonchev–Trinajstić information content (AvgIpc) is 2.11. The van der Waals surface area contributed by atoms with E-state index in [1.54, 1.807) is 0 Å². The highest BCUT2D eigenvalue weighted by Gasteiger charge is 2.08. The number of aromatic amines is 1. The van der Waals surface area contributed by atoms with Crippen molar-refractivity contribution < 1.29 is 4.74 Å². The van der Waals surface area contributed by atoms with Crippen LogP contribution in [0.1, 0.15) is 0 Å². The highest BCUT2D eigenvalue weighted by Crippen LogP contribution is 2.16. The van der Waals surface area contributed by atoms with Crippen LogP contribution in [-0.2, 0) is 0 Å². The van der Waals surface area contributed by atoms with Gasteiger partial charge in [-0.1, -0.05) is 23.2 Å². The van der Waals surface area contributed by atoms with E-state index in [9.17, 15) is 4.79 Å². The molecule has 0 atom stereocenters. The zero-order valence-corrected chi connectivity index (χ0v) is 8.37. The first-order valence-electron chi connectivity index (χ1n) is 3.04. The van der Waals surface area contributed by atoms with Crippen LogP contribution in [0.15, 0.2) is 4.79 Å². The summed E-state index contributed by atoms with van der Waals surface area (Å²) < 4.78 is 4.73. The first-order valence-corrected chi connectivity index (χ1v) is 4.33. The van der Waals surface area contributed by atoms with E-state index in [-0.39, 0.29) is 22.9 Å². The zero-order valence-electron chi connectivity index (χ0n) is 6.10. The van der Waals surface area contributed by atoms with Crippen LogP contribution >= 0.6 is 35.0 Å². The maximum absolute atomic E-state index is 11.0. The Bertz CT molecular complexity index is 353. The molecule has 8 heteroatoms. The number of hydrogen-bond acceptors (Lipinski definition) is 4. The lowest BCUT2D eigenvalue weighted by Gasteiger charge is -2.03. The van der Waals surface area contributed by atoms with Gasteiger partial charge in [-0.15, -0.1) is 0 Å². The van der Waals surface area contributed by atoms with Crippen LogP contribution in [0, 0.1) is 0 Å². The minimum atomic E-state index is -0.556. The summed E-state index contributed by atoms with van der Waals surface area (Å²) in [5, 5.41) is -0.142. The van der Waals surface area contributed by atoms with Crippen LogP contribution in [0.4, 0.5) is 5.82 Å². The molecule has 0 fully saturated rings. The minimum Gasteiger partial charge on any atom is -0.448 e. The van der Waals surface area contributed by atoms with E-state index in [1.807, 2.05) is 0 Å². The molecule has 0 bridgehead atoms. The number of H-pyrrole nitrogens is 1. The average molecular weight is 244 g/mol. The van der Waals surface area contributed by atoms with Crippen LogP contribution in [0.2, 0.25) is 5.02 Å². The molecule has 0 radical (unpaired) electrons. The highest BCUT2D eigenvalue weighted by atomic mass is 35.5. The van der Waals surface area contributed by atoms with E-state index in [0.717, 1.165) is 0 Å². The third kappa shape index (κ3) is 2.40. The Kier molecular flexibility index (Phi) is 3.65. The Balaban J connectivity index is 3.14. The first kappa shape index (κ1) is 10.4. The SMILES string of the molecule is O=c1[nH]c(OCCl)nc(NCl)c1Cl. The van der Waals surface area contributed by atoms with Crippen molar-refractivity contribution in [3.8, 4) is 6.01 Å².